The average molecular weight is 442 g/mol. The molecule has 1 atom stereocenters. The lowest BCUT2D eigenvalue weighted by Gasteiger charge is -2.34. The fourth-order valence-electron chi connectivity index (χ4n) is 5.63. The zero-order valence-electron chi connectivity index (χ0n) is 20.1. The van der Waals surface area contributed by atoms with Crippen molar-refractivity contribution in [1.29, 1.82) is 0 Å². The molecule has 7 nitrogen and oxygen atoms in total. The second-order valence-corrected chi connectivity index (χ2v) is 9.68. The summed E-state index contributed by atoms with van der Waals surface area (Å²) in [6.45, 7) is 9.93. The smallest absolute Gasteiger partial charge is 0.237 e. The molecular formula is C25H39N5O2. The molecule has 0 bridgehead atoms. The SMILES string of the molecule is CCN(CC)CC(=O)N1CCC[C@H]1c1nc(C)c2c(n1)N(CC1CCCCC1)C(=O)CC2. The highest BCUT2D eigenvalue weighted by atomic mass is 16.2. The van der Waals surface area contributed by atoms with Crippen molar-refractivity contribution in [3.63, 3.8) is 0 Å². The van der Waals surface area contributed by atoms with Gasteiger partial charge in [-0.05, 0) is 58.0 Å². The number of hydrogen-bond donors (Lipinski definition) is 0. The van der Waals surface area contributed by atoms with Crippen LogP contribution in [0.5, 0.6) is 0 Å². The van der Waals surface area contributed by atoms with Crippen molar-refractivity contribution in [2.75, 3.05) is 37.6 Å². The number of nitrogens with zero attached hydrogens (tertiary/aromatic N) is 5. The number of carbonyl (C=O) groups is 2. The van der Waals surface area contributed by atoms with E-state index in [1.165, 1.54) is 32.1 Å². The first-order chi connectivity index (χ1) is 15.5. The Kier molecular flexibility index (Phi) is 7.44. The van der Waals surface area contributed by atoms with Crippen molar-refractivity contribution in [1.82, 2.24) is 19.8 Å². The standard InChI is InChI=1S/C25H39N5O2/c1-4-28(5-2)17-23(32)29-15-9-12-21(29)24-26-18(3)20-13-14-22(31)30(25(20)27-24)16-19-10-7-6-8-11-19/h19,21H,4-17H2,1-3H3/t21-/m0/s1. The van der Waals surface area contributed by atoms with Crippen LogP contribution in [0.2, 0.25) is 0 Å². The predicted molar refractivity (Wildman–Crippen MR) is 125 cm³/mol. The van der Waals surface area contributed by atoms with Gasteiger partial charge in [-0.1, -0.05) is 33.1 Å². The number of likely N-dealkylation sites (N-methyl/N-ethyl adjacent to an activating group) is 1. The van der Waals surface area contributed by atoms with Gasteiger partial charge in [-0.3, -0.25) is 19.4 Å². The van der Waals surface area contributed by atoms with Crippen LogP contribution >= 0.6 is 0 Å². The second kappa shape index (κ2) is 10.3. The average Bonchev–Trinajstić information content (AvgIpc) is 3.30. The quantitative estimate of drug-likeness (QED) is 0.646. The molecule has 7 heteroatoms. The summed E-state index contributed by atoms with van der Waals surface area (Å²) in [5, 5.41) is 0. The van der Waals surface area contributed by atoms with Gasteiger partial charge < -0.3 is 4.90 Å². The molecule has 32 heavy (non-hydrogen) atoms. The lowest BCUT2D eigenvalue weighted by Crippen LogP contribution is -2.42. The fraction of sp³-hybridized carbons (Fsp3) is 0.760. The third-order valence-electron chi connectivity index (χ3n) is 7.64. The fourth-order valence-corrected chi connectivity index (χ4v) is 5.63. The topological polar surface area (TPSA) is 69.6 Å². The highest BCUT2D eigenvalue weighted by Crippen LogP contribution is 2.36. The molecule has 0 N–H and O–H groups in total. The molecule has 2 aliphatic heterocycles. The van der Waals surface area contributed by atoms with Crippen molar-refractivity contribution in [3.05, 3.63) is 17.1 Å². The van der Waals surface area contributed by atoms with Crippen molar-refractivity contribution in [2.24, 2.45) is 5.92 Å². The molecule has 2 amide bonds. The monoisotopic (exact) mass is 441 g/mol. The first kappa shape index (κ1) is 23.1. The van der Waals surface area contributed by atoms with Crippen LogP contribution in [0.15, 0.2) is 0 Å². The molecule has 0 unspecified atom stereocenters. The summed E-state index contributed by atoms with van der Waals surface area (Å²) in [4.78, 5) is 41.9. The van der Waals surface area contributed by atoms with E-state index >= 15 is 0 Å². The van der Waals surface area contributed by atoms with Crippen LogP contribution in [0.3, 0.4) is 0 Å². The number of carbonyl (C=O) groups excluding carboxylic acids is 2. The minimum absolute atomic E-state index is 0.0874. The van der Waals surface area contributed by atoms with Crippen molar-refractivity contribution in [2.45, 2.75) is 84.6 Å². The van der Waals surface area contributed by atoms with Crippen molar-refractivity contribution in [3.8, 4) is 0 Å². The maximum absolute atomic E-state index is 13.1. The number of aryl methyl sites for hydroxylation is 1. The van der Waals surface area contributed by atoms with Crippen LogP contribution < -0.4 is 4.90 Å². The van der Waals surface area contributed by atoms with E-state index in [2.05, 4.69) is 18.7 Å². The van der Waals surface area contributed by atoms with Gasteiger partial charge in [0, 0.05) is 30.8 Å². The minimum Gasteiger partial charge on any atom is -0.331 e. The molecule has 1 aromatic heterocycles. The molecule has 4 rings (SSSR count). The molecule has 1 saturated heterocycles. The third-order valence-corrected chi connectivity index (χ3v) is 7.64. The summed E-state index contributed by atoms with van der Waals surface area (Å²) in [7, 11) is 0. The maximum atomic E-state index is 13.1. The van der Waals surface area contributed by atoms with E-state index in [9.17, 15) is 9.59 Å². The summed E-state index contributed by atoms with van der Waals surface area (Å²) < 4.78 is 0. The molecule has 0 spiro atoms. The van der Waals surface area contributed by atoms with E-state index in [1.54, 1.807) is 0 Å². The Morgan fingerprint density at radius 1 is 1.03 bits per heavy atom. The van der Waals surface area contributed by atoms with Gasteiger partial charge in [0.25, 0.3) is 0 Å². The largest absolute Gasteiger partial charge is 0.331 e. The number of rotatable bonds is 7. The Morgan fingerprint density at radius 2 is 1.78 bits per heavy atom. The van der Waals surface area contributed by atoms with Gasteiger partial charge in [0.1, 0.15) is 5.82 Å². The molecule has 3 heterocycles. The first-order valence-electron chi connectivity index (χ1n) is 12.7. The molecule has 1 aliphatic carbocycles. The van der Waals surface area contributed by atoms with Gasteiger partial charge >= 0.3 is 0 Å². The van der Waals surface area contributed by atoms with E-state index in [0.29, 0.717) is 18.9 Å². The summed E-state index contributed by atoms with van der Waals surface area (Å²) >= 11 is 0. The Balaban J connectivity index is 1.59. The van der Waals surface area contributed by atoms with E-state index in [0.717, 1.165) is 68.3 Å². The Labute approximate surface area is 192 Å². The zero-order chi connectivity index (χ0) is 22.7. The third kappa shape index (κ3) is 4.82. The second-order valence-electron chi connectivity index (χ2n) is 9.68. The van der Waals surface area contributed by atoms with Crippen LogP contribution in [0.4, 0.5) is 5.82 Å². The minimum atomic E-state index is -0.0874. The van der Waals surface area contributed by atoms with Crippen LogP contribution in [0, 0.1) is 12.8 Å². The molecule has 176 valence electrons. The molecule has 3 aliphatic rings. The van der Waals surface area contributed by atoms with Gasteiger partial charge in [0.05, 0.1) is 12.6 Å². The summed E-state index contributed by atoms with van der Waals surface area (Å²) in [6, 6.07) is -0.0874. The predicted octanol–water partition coefficient (Wildman–Crippen LogP) is 3.65. The van der Waals surface area contributed by atoms with Crippen LogP contribution in [0.1, 0.15) is 88.3 Å². The molecule has 1 aromatic rings. The number of fused-ring (bicyclic) bond motifs is 1. The number of amides is 2. The lowest BCUT2D eigenvalue weighted by atomic mass is 9.88. The molecule has 1 saturated carbocycles. The van der Waals surface area contributed by atoms with E-state index in [1.807, 2.05) is 16.7 Å². The van der Waals surface area contributed by atoms with E-state index in [4.69, 9.17) is 9.97 Å². The normalized spacial score (nSPS) is 22.0. The molecule has 2 fully saturated rings. The first-order valence-corrected chi connectivity index (χ1v) is 12.7. The Morgan fingerprint density at radius 3 is 2.50 bits per heavy atom. The molecule has 0 aromatic carbocycles. The highest BCUT2D eigenvalue weighted by molar-refractivity contribution is 5.95. The van der Waals surface area contributed by atoms with Crippen LogP contribution in [-0.2, 0) is 16.0 Å². The Bertz CT molecular complexity index is 832. The number of anilines is 1. The van der Waals surface area contributed by atoms with Crippen LogP contribution in [0.25, 0.3) is 0 Å². The lowest BCUT2D eigenvalue weighted by molar-refractivity contribution is -0.133. The van der Waals surface area contributed by atoms with Gasteiger partial charge in [-0.2, -0.15) is 0 Å². The summed E-state index contributed by atoms with van der Waals surface area (Å²) in [5.41, 5.74) is 2.08. The molecular weight excluding hydrogens is 402 g/mol. The van der Waals surface area contributed by atoms with E-state index in [-0.39, 0.29) is 17.9 Å². The summed E-state index contributed by atoms with van der Waals surface area (Å²) in [6.07, 6.45) is 9.36. The zero-order valence-corrected chi connectivity index (χ0v) is 20.1. The van der Waals surface area contributed by atoms with Gasteiger partial charge in [0.15, 0.2) is 5.82 Å². The highest BCUT2D eigenvalue weighted by Gasteiger charge is 2.35. The van der Waals surface area contributed by atoms with E-state index < -0.39 is 0 Å². The summed E-state index contributed by atoms with van der Waals surface area (Å²) in [5.74, 6) is 2.45. The van der Waals surface area contributed by atoms with Crippen molar-refractivity contribution < 1.29 is 9.59 Å². The van der Waals surface area contributed by atoms with Gasteiger partial charge in [-0.15, -0.1) is 0 Å². The maximum Gasteiger partial charge on any atom is 0.237 e. The van der Waals surface area contributed by atoms with Crippen molar-refractivity contribution >= 4 is 17.6 Å². The number of aromatic nitrogens is 2. The number of hydrogen-bond acceptors (Lipinski definition) is 5. The van der Waals surface area contributed by atoms with Gasteiger partial charge in [0.2, 0.25) is 11.8 Å². The van der Waals surface area contributed by atoms with Crippen LogP contribution in [-0.4, -0.2) is 64.3 Å². The molecule has 0 radical (unpaired) electrons. The number of likely N-dealkylation sites (tertiary alicyclic amines) is 1. The Hall–Kier alpha value is -2.02. The van der Waals surface area contributed by atoms with Gasteiger partial charge in [-0.25, -0.2) is 9.97 Å².